The van der Waals surface area contributed by atoms with Gasteiger partial charge in [-0.3, -0.25) is 4.68 Å². The van der Waals surface area contributed by atoms with E-state index in [4.69, 9.17) is 0 Å². The Bertz CT molecular complexity index is 697. The summed E-state index contributed by atoms with van der Waals surface area (Å²) in [5.41, 5.74) is 0. The topological polar surface area (TPSA) is 64.0 Å². The standard InChI is InChI=1S/C12H12Br2FN3O2S/c13-10-7-9(15)8-11(14)12(10)21(19,20)17-4-2-6-18-5-1-3-16-18/h1,3,5,7-8,17H,2,4,6H2. The van der Waals surface area contributed by atoms with Gasteiger partial charge in [-0.2, -0.15) is 5.10 Å². The van der Waals surface area contributed by atoms with Gasteiger partial charge in [-0.05, 0) is 56.5 Å². The number of nitrogens with one attached hydrogen (secondary N) is 1. The summed E-state index contributed by atoms with van der Waals surface area (Å²) < 4.78 is 42.2. The van der Waals surface area contributed by atoms with E-state index in [9.17, 15) is 12.8 Å². The highest BCUT2D eigenvalue weighted by atomic mass is 79.9. The summed E-state index contributed by atoms with van der Waals surface area (Å²) in [6, 6.07) is 4.03. The number of aryl methyl sites for hydroxylation is 1. The van der Waals surface area contributed by atoms with Gasteiger partial charge in [0.2, 0.25) is 10.0 Å². The van der Waals surface area contributed by atoms with Gasteiger partial charge in [0.25, 0.3) is 0 Å². The predicted octanol–water partition coefficient (Wildman–Crippen LogP) is 2.92. The van der Waals surface area contributed by atoms with Crippen molar-refractivity contribution in [3.8, 4) is 0 Å². The zero-order chi connectivity index (χ0) is 15.5. The molecule has 0 bridgehead atoms. The minimum Gasteiger partial charge on any atom is -0.273 e. The number of nitrogens with zero attached hydrogens (tertiary/aromatic N) is 2. The van der Waals surface area contributed by atoms with Crippen LogP contribution >= 0.6 is 31.9 Å². The van der Waals surface area contributed by atoms with Gasteiger partial charge in [0, 0.05) is 34.4 Å². The van der Waals surface area contributed by atoms with Gasteiger partial charge in [0.1, 0.15) is 10.7 Å². The molecule has 0 saturated heterocycles. The van der Waals surface area contributed by atoms with Crippen LogP contribution in [0.1, 0.15) is 6.42 Å². The molecule has 0 unspecified atom stereocenters. The minimum absolute atomic E-state index is 0.0111. The maximum Gasteiger partial charge on any atom is 0.242 e. The van der Waals surface area contributed by atoms with E-state index < -0.39 is 15.8 Å². The van der Waals surface area contributed by atoms with Crippen molar-refractivity contribution in [3.05, 3.63) is 45.4 Å². The third kappa shape index (κ3) is 4.35. The quantitative estimate of drug-likeness (QED) is 0.702. The Hall–Kier alpha value is -0.770. The SMILES string of the molecule is O=S(=O)(NCCCn1cccn1)c1c(Br)cc(F)cc1Br. The van der Waals surface area contributed by atoms with Gasteiger partial charge in [-0.25, -0.2) is 17.5 Å². The molecule has 9 heteroatoms. The van der Waals surface area contributed by atoms with Gasteiger partial charge in [0.05, 0.1) is 0 Å². The van der Waals surface area contributed by atoms with Crippen LogP contribution in [0.25, 0.3) is 0 Å². The summed E-state index contributed by atoms with van der Waals surface area (Å²) in [6.07, 6.45) is 4.07. The summed E-state index contributed by atoms with van der Waals surface area (Å²) in [5, 5.41) is 4.03. The smallest absolute Gasteiger partial charge is 0.242 e. The van der Waals surface area contributed by atoms with E-state index in [0.29, 0.717) is 13.0 Å². The van der Waals surface area contributed by atoms with Crippen LogP contribution < -0.4 is 4.72 Å². The summed E-state index contributed by atoms with van der Waals surface area (Å²) in [5.74, 6) is -0.522. The Morgan fingerprint density at radius 3 is 2.52 bits per heavy atom. The molecule has 0 aliphatic rings. The summed E-state index contributed by atoms with van der Waals surface area (Å²) in [6.45, 7) is 0.875. The molecule has 0 fully saturated rings. The Labute approximate surface area is 138 Å². The molecule has 1 aromatic carbocycles. The van der Waals surface area contributed by atoms with Crippen LogP contribution in [-0.2, 0) is 16.6 Å². The molecule has 0 radical (unpaired) electrons. The first-order chi connectivity index (χ1) is 9.90. The van der Waals surface area contributed by atoms with Gasteiger partial charge in [-0.1, -0.05) is 0 Å². The maximum atomic E-state index is 13.2. The Kier molecular flexibility index (Phi) is 5.53. The summed E-state index contributed by atoms with van der Waals surface area (Å²) in [4.78, 5) is -0.0111. The third-order valence-corrected chi connectivity index (χ3v) is 5.98. The van der Waals surface area contributed by atoms with Crippen molar-refractivity contribution < 1.29 is 12.8 Å². The van der Waals surface area contributed by atoms with Crippen molar-refractivity contribution >= 4 is 41.9 Å². The molecule has 0 amide bonds. The third-order valence-electron chi connectivity index (χ3n) is 2.65. The molecule has 21 heavy (non-hydrogen) atoms. The number of aromatic nitrogens is 2. The molecule has 0 atom stereocenters. The van der Waals surface area contributed by atoms with Crippen molar-refractivity contribution in [1.82, 2.24) is 14.5 Å². The van der Waals surface area contributed by atoms with E-state index in [1.807, 2.05) is 6.20 Å². The fourth-order valence-corrected chi connectivity index (χ4v) is 5.34. The van der Waals surface area contributed by atoms with Gasteiger partial charge >= 0.3 is 0 Å². The number of hydrogen-bond donors (Lipinski definition) is 1. The van der Waals surface area contributed by atoms with Crippen LogP contribution in [0.3, 0.4) is 0 Å². The normalized spacial score (nSPS) is 11.8. The van der Waals surface area contributed by atoms with Crippen molar-refractivity contribution in [3.63, 3.8) is 0 Å². The Balaban J connectivity index is 2.02. The lowest BCUT2D eigenvalue weighted by Gasteiger charge is -2.10. The number of rotatable bonds is 6. The van der Waals surface area contributed by atoms with Crippen molar-refractivity contribution in [2.24, 2.45) is 0 Å². The fraction of sp³-hybridized carbons (Fsp3) is 0.250. The van der Waals surface area contributed by atoms with Crippen LogP contribution in [-0.4, -0.2) is 24.7 Å². The van der Waals surface area contributed by atoms with E-state index in [0.717, 1.165) is 12.1 Å². The fourth-order valence-electron chi connectivity index (χ4n) is 1.74. The lowest BCUT2D eigenvalue weighted by atomic mass is 10.3. The molecule has 1 heterocycles. The molecule has 0 aliphatic heterocycles. The summed E-state index contributed by atoms with van der Waals surface area (Å²) >= 11 is 6.14. The maximum absolute atomic E-state index is 13.2. The average molecular weight is 441 g/mol. The first-order valence-electron chi connectivity index (χ1n) is 6.02. The van der Waals surface area contributed by atoms with Crippen LogP contribution in [0.5, 0.6) is 0 Å². The molecular formula is C12H12Br2FN3O2S. The van der Waals surface area contributed by atoms with Crippen LogP contribution in [0.15, 0.2) is 44.4 Å². The van der Waals surface area contributed by atoms with E-state index in [2.05, 4.69) is 41.7 Å². The lowest BCUT2D eigenvalue weighted by Crippen LogP contribution is -2.26. The average Bonchev–Trinajstić information content (AvgIpc) is 2.86. The first kappa shape index (κ1) is 16.6. The van der Waals surface area contributed by atoms with Gasteiger partial charge < -0.3 is 0 Å². The van der Waals surface area contributed by atoms with E-state index in [1.165, 1.54) is 0 Å². The predicted molar refractivity (Wildman–Crippen MR) is 83.8 cm³/mol. The zero-order valence-corrected chi connectivity index (χ0v) is 14.7. The molecule has 0 aliphatic carbocycles. The van der Waals surface area contributed by atoms with E-state index >= 15 is 0 Å². The lowest BCUT2D eigenvalue weighted by molar-refractivity contribution is 0.552. The van der Waals surface area contributed by atoms with Gasteiger partial charge in [0.15, 0.2) is 0 Å². The van der Waals surface area contributed by atoms with E-state index in [-0.39, 0.29) is 20.4 Å². The second-order valence-electron chi connectivity index (χ2n) is 4.22. The second-order valence-corrected chi connectivity index (χ2v) is 7.63. The summed E-state index contributed by atoms with van der Waals surface area (Å²) in [7, 11) is -3.72. The number of halogens is 3. The molecular weight excluding hydrogens is 429 g/mol. The largest absolute Gasteiger partial charge is 0.273 e. The molecule has 1 aromatic heterocycles. The Morgan fingerprint density at radius 1 is 1.29 bits per heavy atom. The molecule has 5 nitrogen and oxygen atoms in total. The monoisotopic (exact) mass is 439 g/mol. The van der Waals surface area contributed by atoms with Crippen LogP contribution in [0, 0.1) is 5.82 Å². The molecule has 2 rings (SSSR count). The Morgan fingerprint density at radius 2 is 1.95 bits per heavy atom. The number of benzene rings is 1. The highest BCUT2D eigenvalue weighted by molar-refractivity contribution is 9.11. The minimum atomic E-state index is -3.72. The second kappa shape index (κ2) is 6.99. The van der Waals surface area contributed by atoms with E-state index in [1.54, 1.807) is 16.9 Å². The molecule has 0 spiro atoms. The molecule has 1 N–H and O–H groups in total. The number of hydrogen-bond acceptors (Lipinski definition) is 3. The van der Waals surface area contributed by atoms with Crippen molar-refractivity contribution in [2.75, 3.05) is 6.54 Å². The molecule has 114 valence electrons. The van der Waals surface area contributed by atoms with Crippen molar-refractivity contribution in [2.45, 2.75) is 17.9 Å². The molecule has 0 saturated carbocycles. The zero-order valence-electron chi connectivity index (χ0n) is 10.8. The molecule has 2 aromatic rings. The highest BCUT2D eigenvalue weighted by Crippen LogP contribution is 2.30. The number of sulfonamides is 1. The van der Waals surface area contributed by atoms with Crippen LogP contribution in [0.2, 0.25) is 0 Å². The highest BCUT2D eigenvalue weighted by Gasteiger charge is 2.21. The van der Waals surface area contributed by atoms with Crippen molar-refractivity contribution in [1.29, 1.82) is 0 Å². The van der Waals surface area contributed by atoms with Crippen LogP contribution in [0.4, 0.5) is 4.39 Å². The van der Waals surface area contributed by atoms with Gasteiger partial charge in [-0.15, -0.1) is 0 Å². The first-order valence-corrected chi connectivity index (χ1v) is 9.09.